The quantitative estimate of drug-likeness (QED) is 0.0871. The third-order valence-electron chi connectivity index (χ3n) is 9.71. The van der Waals surface area contributed by atoms with Gasteiger partial charge in [0.1, 0.15) is 0 Å². The van der Waals surface area contributed by atoms with E-state index in [1.807, 2.05) is 0 Å². The molecule has 0 amide bonds. The van der Waals surface area contributed by atoms with Crippen LogP contribution in [0.1, 0.15) is 101 Å². The fourth-order valence-electron chi connectivity index (χ4n) is 7.08. The number of carbonyl (C=O) groups excluding carboxylic acids is 2. The molecule has 1 fully saturated rings. The van der Waals surface area contributed by atoms with Crippen molar-refractivity contribution in [1.29, 1.82) is 0 Å². The zero-order chi connectivity index (χ0) is 29.7. The maximum absolute atomic E-state index is 11.8. The molecular formula is C38H52O4. The Hall–Kier alpha value is -2.88. The van der Waals surface area contributed by atoms with E-state index in [9.17, 15) is 9.59 Å². The topological polar surface area (TPSA) is 52.6 Å². The first-order valence-corrected chi connectivity index (χ1v) is 16.5. The summed E-state index contributed by atoms with van der Waals surface area (Å²) in [5, 5.41) is 0. The number of benzene rings is 2. The normalized spacial score (nSPS) is 20.8. The maximum atomic E-state index is 11.8. The minimum absolute atomic E-state index is 0.0427. The predicted molar refractivity (Wildman–Crippen MR) is 171 cm³/mol. The van der Waals surface area contributed by atoms with Crippen molar-refractivity contribution < 1.29 is 19.1 Å². The van der Waals surface area contributed by atoms with E-state index in [-0.39, 0.29) is 18.5 Å². The van der Waals surface area contributed by atoms with Crippen LogP contribution < -0.4 is 0 Å². The number of carbonyl (C=O) groups is 2. The molecule has 42 heavy (non-hydrogen) atoms. The molecule has 228 valence electrons. The van der Waals surface area contributed by atoms with Crippen LogP contribution >= 0.6 is 0 Å². The van der Waals surface area contributed by atoms with Gasteiger partial charge in [-0.3, -0.25) is 4.79 Å². The molecule has 4 heteroatoms. The van der Waals surface area contributed by atoms with Crippen LogP contribution in [0.25, 0.3) is 11.1 Å². The van der Waals surface area contributed by atoms with Crippen molar-refractivity contribution in [3.8, 4) is 11.1 Å². The molecule has 0 bridgehead atoms. The minimum atomic E-state index is -0.378. The largest absolute Gasteiger partial charge is 0.467 e. The number of rotatable bonds is 16. The summed E-state index contributed by atoms with van der Waals surface area (Å²) in [6.07, 6.45) is 17.5. The van der Waals surface area contributed by atoms with E-state index in [0.29, 0.717) is 24.6 Å². The Bertz CT molecular complexity index is 1140. The molecular weight excluding hydrogens is 520 g/mol. The molecule has 0 aromatic heterocycles. The highest BCUT2D eigenvalue weighted by atomic mass is 16.5. The number of unbranched alkanes of at least 4 members (excludes halogenated alkanes) is 2. The summed E-state index contributed by atoms with van der Waals surface area (Å²) in [4.78, 5) is 22.5. The van der Waals surface area contributed by atoms with Crippen LogP contribution in [0, 0.1) is 23.7 Å². The summed E-state index contributed by atoms with van der Waals surface area (Å²) >= 11 is 0. The van der Waals surface area contributed by atoms with Crippen molar-refractivity contribution in [2.24, 2.45) is 23.7 Å². The molecule has 2 aliphatic carbocycles. The Kier molecular flexibility index (Phi) is 12.7. The average Bonchev–Trinajstić information content (AvgIpc) is 3.01. The molecule has 4 nitrogen and oxygen atoms in total. The lowest BCUT2D eigenvalue weighted by molar-refractivity contribution is -0.141. The van der Waals surface area contributed by atoms with Gasteiger partial charge >= 0.3 is 5.97 Å². The molecule has 4 rings (SSSR count). The van der Waals surface area contributed by atoms with Gasteiger partial charge < -0.3 is 9.47 Å². The molecule has 0 aliphatic heterocycles. The van der Waals surface area contributed by atoms with E-state index in [1.165, 1.54) is 93.7 Å². The third-order valence-corrected chi connectivity index (χ3v) is 9.71. The molecule has 0 N–H and O–H groups in total. The number of fused-ring (bicyclic) bond motifs is 1. The number of hydrogen-bond acceptors (Lipinski definition) is 4. The van der Waals surface area contributed by atoms with Gasteiger partial charge in [0.2, 0.25) is 0 Å². The van der Waals surface area contributed by atoms with Gasteiger partial charge in [0.25, 0.3) is 6.47 Å². The predicted octanol–water partition coefficient (Wildman–Crippen LogP) is 9.08. The first kappa shape index (κ1) is 32.0. The molecule has 2 atom stereocenters. The summed E-state index contributed by atoms with van der Waals surface area (Å²) in [5.41, 5.74) is 7.65. The van der Waals surface area contributed by atoms with Crippen molar-refractivity contribution in [1.82, 2.24) is 0 Å². The van der Waals surface area contributed by atoms with Crippen molar-refractivity contribution in [3.05, 3.63) is 71.3 Å². The Balaban J connectivity index is 1.20. The zero-order valence-electron chi connectivity index (χ0n) is 26.1. The van der Waals surface area contributed by atoms with E-state index in [1.54, 1.807) is 18.1 Å². The first-order valence-electron chi connectivity index (χ1n) is 16.5. The number of hydrogen-bond donors (Lipinski definition) is 0. The highest BCUT2D eigenvalue weighted by molar-refractivity contribution is 5.86. The second-order valence-electron chi connectivity index (χ2n) is 13.1. The molecule has 2 aromatic carbocycles. The van der Waals surface area contributed by atoms with E-state index in [4.69, 9.17) is 9.47 Å². The lowest BCUT2D eigenvalue weighted by atomic mass is 9.76. The van der Waals surface area contributed by atoms with Gasteiger partial charge in [-0.1, -0.05) is 107 Å². The molecule has 2 aliphatic rings. The summed E-state index contributed by atoms with van der Waals surface area (Å²) < 4.78 is 10.4. The van der Waals surface area contributed by atoms with Crippen LogP contribution in [0.4, 0.5) is 0 Å². The number of esters is 1. The Morgan fingerprint density at radius 2 is 1.64 bits per heavy atom. The lowest BCUT2D eigenvalue weighted by Crippen LogP contribution is -2.24. The lowest BCUT2D eigenvalue weighted by Gasteiger charge is -2.30. The molecule has 0 radical (unpaired) electrons. The van der Waals surface area contributed by atoms with Crippen LogP contribution in [0.2, 0.25) is 0 Å². The van der Waals surface area contributed by atoms with Crippen LogP contribution in [-0.4, -0.2) is 25.7 Å². The van der Waals surface area contributed by atoms with Crippen molar-refractivity contribution in [3.63, 3.8) is 0 Å². The SMILES string of the molecule is C=C(C)C(=O)OCC(COC=O)CC1CCC(CCc2ccc(-c3ccc4c(c3)CCC(CCCCC)C4)cc2)CC1. The van der Waals surface area contributed by atoms with Gasteiger partial charge in [0.15, 0.2) is 0 Å². The average molecular weight is 573 g/mol. The van der Waals surface area contributed by atoms with Crippen LogP contribution in [0.5, 0.6) is 0 Å². The van der Waals surface area contributed by atoms with Crippen molar-refractivity contribution in [2.75, 3.05) is 13.2 Å². The second kappa shape index (κ2) is 16.7. The van der Waals surface area contributed by atoms with Gasteiger partial charge in [0.05, 0.1) is 13.2 Å². The van der Waals surface area contributed by atoms with Crippen LogP contribution in [-0.2, 0) is 38.3 Å². The van der Waals surface area contributed by atoms with Crippen molar-refractivity contribution >= 4 is 12.4 Å². The number of aryl methyl sites for hydroxylation is 2. The monoisotopic (exact) mass is 572 g/mol. The third kappa shape index (κ3) is 9.85. The van der Waals surface area contributed by atoms with E-state index in [2.05, 4.69) is 56.0 Å². The maximum Gasteiger partial charge on any atom is 0.333 e. The molecule has 1 saturated carbocycles. The van der Waals surface area contributed by atoms with Gasteiger partial charge in [-0.25, -0.2) is 4.79 Å². The highest BCUT2D eigenvalue weighted by Gasteiger charge is 2.25. The van der Waals surface area contributed by atoms with E-state index < -0.39 is 0 Å². The van der Waals surface area contributed by atoms with Gasteiger partial charge in [-0.15, -0.1) is 0 Å². The zero-order valence-corrected chi connectivity index (χ0v) is 26.1. The van der Waals surface area contributed by atoms with Crippen LogP contribution in [0.3, 0.4) is 0 Å². The molecule has 2 aromatic rings. The Morgan fingerprint density at radius 1 is 0.905 bits per heavy atom. The fraction of sp³-hybridized carbons (Fsp3) is 0.579. The smallest absolute Gasteiger partial charge is 0.333 e. The minimum Gasteiger partial charge on any atom is -0.467 e. The van der Waals surface area contributed by atoms with E-state index >= 15 is 0 Å². The summed E-state index contributed by atoms with van der Waals surface area (Å²) in [7, 11) is 0. The van der Waals surface area contributed by atoms with Gasteiger partial charge in [-0.2, -0.15) is 0 Å². The number of ether oxygens (including phenoxy) is 2. The van der Waals surface area contributed by atoms with Crippen molar-refractivity contribution in [2.45, 2.75) is 104 Å². The Labute approximate surface area is 254 Å². The highest BCUT2D eigenvalue weighted by Crippen LogP contribution is 2.36. The van der Waals surface area contributed by atoms with Gasteiger partial charge in [0, 0.05) is 11.5 Å². The van der Waals surface area contributed by atoms with Gasteiger partial charge in [-0.05, 0) is 91.0 Å². The second-order valence-corrected chi connectivity index (χ2v) is 13.1. The summed E-state index contributed by atoms with van der Waals surface area (Å²) in [6, 6.07) is 16.5. The summed E-state index contributed by atoms with van der Waals surface area (Å²) in [6.45, 7) is 8.64. The molecule has 0 heterocycles. The Morgan fingerprint density at radius 3 is 2.36 bits per heavy atom. The fourth-order valence-corrected chi connectivity index (χ4v) is 7.08. The molecule has 0 spiro atoms. The first-order chi connectivity index (χ1) is 20.4. The van der Waals surface area contributed by atoms with Crippen LogP contribution in [0.15, 0.2) is 54.6 Å². The summed E-state index contributed by atoms with van der Waals surface area (Å²) in [5.74, 6) is 1.89. The molecule has 0 saturated heterocycles. The van der Waals surface area contributed by atoms with E-state index in [0.717, 1.165) is 24.7 Å². The molecule has 2 unspecified atom stereocenters. The standard InChI is InChI=1S/C38H52O4/c1-4-5-6-7-31-16-19-37-24-36(21-20-35(37)23-31)34-17-14-30(15-18-34)9-8-29-10-12-32(13-11-29)22-33(25-41-27-39)26-42-38(40)28(2)3/h14-15,17-18,20-21,24,27,29,31-33H,2,4-13,16,19,22-23,25-26H2,1,3H3.